The molecule has 0 spiro atoms. The van der Waals surface area contributed by atoms with Gasteiger partial charge in [0.05, 0.1) is 5.60 Å². The summed E-state index contributed by atoms with van der Waals surface area (Å²) in [6, 6.07) is 5.40. The highest BCUT2D eigenvalue weighted by molar-refractivity contribution is 5.25. The molecule has 1 aliphatic carbocycles. The lowest BCUT2D eigenvalue weighted by Crippen LogP contribution is -2.44. The Balaban J connectivity index is 1.88. The van der Waals surface area contributed by atoms with Gasteiger partial charge in [-0.05, 0) is 62.6 Å². The molecule has 0 aromatic heterocycles. The van der Waals surface area contributed by atoms with E-state index in [2.05, 4.69) is 12.2 Å². The molecule has 0 heterocycles. The van der Waals surface area contributed by atoms with Crippen LogP contribution in [0.4, 0.5) is 4.39 Å². The molecule has 1 atom stereocenters. The lowest BCUT2D eigenvalue weighted by Gasteiger charge is -2.36. The van der Waals surface area contributed by atoms with E-state index in [1.165, 1.54) is 6.42 Å². The Morgan fingerprint density at radius 1 is 1.38 bits per heavy atom. The average molecular weight is 293 g/mol. The highest BCUT2D eigenvalue weighted by Gasteiger charge is 2.32. The molecule has 1 aliphatic rings. The van der Waals surface area contributed by atoms with Crippen LogP contribution in [-0.4, -0.2) is 17.3 Å². The van der Waals surface area contributed by atoms with Gasteiger partial charge in [0.2, 0.25) is 0 Å². The van der Waals surface area contributed by atoms with Gasteiger partial charge < -0.3 is 10.4 Å². The van der Waals surface area contributed by atoms with Gasteiger partial charge in [-0.25, -0.2) is 4.39 Å². The van der Waals surface area contributed by atoms with E-state index in [0.29, 0.717) is 12.1 Å². The van der Waals surface area contributed by atoms with Crippen LogP contribution >= 0.6 is 0 Å². The molecule has 0 bridgehead atoms. The van der Waals surface area contributed by atoms with Crippen molar-refractivity contribution in [3.8, 4) is 0 Å². The summed E-state index contributed by atoms with van der Waals surface area (Å²) in [6.07, 6.45) is 5.17. The maximum Gasteiger partial charge on any atom is 0.126 e. The third-order valence-corrected chi connectivity index (χ3v) is 5.05. The highest BCUT2D eigenvalue weighted by atomic mass is 19.1. The Morgan fingerprint density at radius 3 is 2.62 bits per heavy atom. The van der Waals surface area contributed by atoms with E-state index in [1.807, 2.05) is 19.1 Å². The van der Waals surface area contributed by atoms with E-state index in [-0.39, 0.29) is 11.9 Å². The van der Waals surface area contributed by atoms with Crippen molar-refractivity contribution in [2.24, 2.45) is 5.92 Å². The number of hydrogen-bond donors (Lipinski definition) is 2. The lowest BCUT2D eigenvalue weighted by atomic mass is 9.77. The summed E-state index contributed by atoms with van der Waals surface area (Å²) in [6.45, 7) is 6.60. The first-order chi connectivity index (χ1) is 9.93. The summed E-state index contributed by atoms with van der Waals surface area (Å²) in [5.74, 6) is 0.609. The van der Waals surface area contributed by atoms with Gasteiger partial charge in [-0.15, -0.1) is 0 Å². The zero-order chi connectivity index (χ0) is 15.5. The van der Waals surface area contributed by atoms with Gasteiger partial charge in [0.15, 0.2) is 0 Å². The maximum atomic E-state index is 13.6. The number of nitrogens with one attached hydrogen (secondary N) is 1. The quantitative estimate of drug-likeness (QED) is 0.856. The van der Waals surface area contributed by atoms with Gasteiger partial charge in [0, 0.05) is 12.6 Å². The number of rotatable bonds is 5. The van der Waals surface area contributed by atoms with Gasteiger partial charge in [0.1, 0.15) is 5.82 Å². The Morgan fingerprint density at radius 2 is 2.05 bits per heavy atom. The van der Waals surface area contributed by atoms with Crippen LogP contribution in [0.3, 0.4) is 0 Å². The first-order valence-corrected chi connectivity index (χ1v) is 8.15. The van der Waals surface area contributed by atoms with E-state index >= 15 is 0 Å². The first kappa shape index (κ1) is 16.4. The molecule has 118 valence electrons. The number of aryl methyl sites for hydroxylation is 1. The van der Waals surface area contributed by atoms with Crippen molar-refractivity contribution in [2.45, 2.75) is 64.5 Å². The van der Waals surface area contributed by atoms with Gasteiger partial charge in [-0.1, -0.05) is 25.5 Å². The monoisotopic (exact) mass is 293 g/mol. The summed E-state index contributed by atoms with van der Waals surface area (Å²) in [4.78, 5) is 0. The Kier molecular flexibility index (Phi) is 5.39. The Hall–Kier alpha value is -0.930. The van der Waals surface area contributed by atoms with Crippen LogP contribution in [0.25, 0.3) is 0 Å². The second kappa shape index (κ2) is 6.89. The third-order valence-electron chi connectivity index (χ3n) is 5.05. The number of halogens is 1. The summed E-state index contributed by atoms with van der Waals surface area (Å²) < 4.78 is 13.6. The van der Waals surface area contributed by atoms with Gasteiger partial charge in [0.25, 0.3) is 0 Å². The van der Waals surface area contributed by atoms with Crippen LogP contribution in [0.15, 0.2) is 18.2 Å². The predicted molar refractivity (Wildman–Crippen MR) is 84.8 cm³/mol. The molecule has 3 heteroatoms. The van der Waals surface area contributed by atoms with Gasteiger partial charge in [-0.2, -0.15) is 0 Å². The molecule has 0 radical (unpaired) electrons. The largest absolute Gasteiger partial charge is 0.389 e. The number of aliphatic hydroxyl groups is 1. The zero-order valence-corrected chi connectivity index (χ0v) is 13.5. The normalized spacial score (nSPS) is 27.6. The molecule has 0 saturated heterocycles. The van der Waals surface area contributed by atoms with Crippen LogP contribution in [0, 0.1) is 18.7 Å². The zero-order valence-electron chi connectivity index (χ0n) is 13.5. The minimum Gasteiger partial charge on any atom is -0.389 e. The van der Waals surface area contributed by atoms with Crippen LogP contribution in [0.5, 0.6) is 0 Å². The standard InChI is InChI=1S/C18H28FNO/c1-4-15-7-9-18(21,10-8-15)12-20-14(3)16-6-5-13(2)17(19)11-16/h5-6,11,14-15,20-21H,4,7-10,12H2,1-3H3. The molecule has 1 aromatic rings. The Labute approximate surface area is 127 Å². The molecule has 2 N–H and O–H groups in total. The number of hydrogen-bond acceptors (Lipinski definition) is 2. The smallest absolute Gasteiger partial charge is 0.126 e. The molecule has 1 aromatic carbocycles. The Bertz CT molecular complexity index is 466. The molecule has 1 unspecified atom stereocenters. The van der Waals surface area contributed by atoms with Crippen molar-refractivity contribution in [1.29, 1.82) is 0 Å². The maximum absolute atomic E-state index is 13.6. The predicted octanol–water partition coefficient (Wildman–Crippen LogP) is 4.12. The molecule has 1 fully saturated rings. The summed E-state index contributed by atoms with van der Waals surface area (Å²) in [5.41, 5.74) is 1.01. The average Bonchev–Trinajstić information content (AvgIpc) is 2.48. The van der Waals surface area contributed by atoms with Gasteiger partial charge in [-0.3, -0.25) is 0 Å². The molecule has 1 saturated carbocycles. The topological polar surface area (TPSA) is 32.3 Å². The first-order valence-electron chi connectivity index (χ1n) is 8.15. The molecule has 21 heavy (non-hydrogen) atoms. The fraction of sp³-hybridized carbons (Fsp3) is 0.667. The number of benzene rings is 1. The van der Waals surface area contributed by atoms with E-state index < -0.39 is 5.60 Å². The van der Waals surface area contributed by atoms with E-state index in [9.17, 15) is 9.50 Å². The van der Waals surface area contributed by atoms with Crippen molar-refractivity contribution >= 4 is 0 Å². The van der Waals surface area contributed by atoms with Gasteiger partial charge >= 0.3 is 0 Å². The second-order valence-corrected chi connectivity index (χ2v) is 6.69. The fourth-order valence-electron chi connectivity index (χ4n) is 3.14. The van der Waals surface area contributed by atoms with Crippen molar-refractivity contribution in [3.63, 3.8) is 0 Å². The van der Waals surface area contributed by atoms with E-state index in [4.69, 9.17) is 0 Å². The van der Waals surface area contributed by atoms with Crippen molar-refractivity contribution in [3.05, 3.63) is 35.1 Å². The summed E-state index contributed by atoms with van der Waals surface area (Å²) in [5, 5.41) is 14.0. The fourth-order valence-corrected chi connectivity index (χ4v) is 3.14. The van der Waals surface area contributed by atoms with Crippen LogP contribution in [0.2, 0.25) is 0 Å². The molecule has 2 nitrogen and oxygen atoms in total. The van der Waals surface area contributed by atoms with Crippen molar-refractivity contribution < 1.29 is 9.50 Å². The SMILES string of the molecule is CCC1CCC(O)(CNC(C)c2ccc(C)c(F)c2)CC1. The highest BCUT2D eigenvalue weighted by Crippen LogP contribution is 2.33. The van der Waals surface area contributed by atoms with Crippen molar-refractivity contribution in [1.82, 2.24) is 5.32 Å². The van der Waals surface area contributed by atoms with Crippen LogP contribution in [0.1, 0.15) is 63.1 Å². The minimum atomic E-state index is -0.594. The molecule has 0 amide bonds. The van der Waals surface area contributed by atoms with E-state index in [0.717, 1.165) is 37.2 Å². The van der Waals surface area contributed by atoms with Crippen LogP contribution < -0.4 is 5.32 Å². The second-order valence-electron chi connectivity index (χ2n) is 6.69. The summed E-state index contributed by atoms with van der Waals surface area (Å²) >= 11 is 0. The molecule has 0 aliphatic heterocycles. The third kappa shape index (κ3) is 4.27. The minimum absolute atomic E-state index is 0.0491. The summed E-state index contributed by atoms with van der Waals surface area (Å²) in [7, 11) is 0. The molecule has 2 rings (SSSR count). The van der Waals surface area contributed by atoms with E-state index in [1.54, 1.807) is 13.0 Å². The van der Waals surface area contributed by atoms with Crippen molar-refractivity contribution in [2.75, 3.05) is 6.54 Å². The molecular weight excluding hydrogens is 265 g/mol. The van der Waals surface area contributed by atoms with Crippen LogP contribution in [-0.2, 0) is 0 Å². The lowest BCUT2D eigenvalue weighted by molar-refractivity contribution is -0.0103. The molecular formula is C18H28FNO.